The molecule has 1 amide bonds. The van der Waals surface area contributed by atoms with Crippen LogP contribution in [0.4, 0.5) is 0 Å². The van der Waals surface area contributed by atoms with Crippen LogP contribution in [-0.2, 0) is 4.79 Å². The van der Waals surface area contributed by atoms with Crippen LogP contribution >= 0.6 is 0 Å². The number of nitrogens with zero attached hydrogens (tertiary/aromatic N) is 1. The number of hydrogen-bond acceptors (Lipinski definition) is 3. The highest BCUT2D eigenvalue weighted by Crippen LogP contribution is 2.06. The molecule has 2 N–H and O–H groups in total. The van der Waals surface area contributed by atoms with Crippen LogP contribution < -0.4 is 5.73 Å². The fourth-order valence-electron chi connectivity index (χ4n) is 1.76. The average molecular weight is 248 g/mol. The Kier molecular flexibility index (Phi) is 6.08. The van der Waals surface area contributed by atoms with Crippen molar-refractivity contribution in [2.24, 2.45) is 5.73 Å². The average Bonchev–Trinajstić information content (AvgIpc) is 2.42. The number of hydrogen-bond donors (Lipinski definition) is 1. The Morgan fingerprint density at radius 1 is 1.17 bits per heavy atom. The number of nitrogens with two attached hydrogens (primary N) is 1. The van der Waals surface area contributed by atoms with E-state index in [1.807, 2.05) is 25.1 Å². The van der Waals surface area contributed by atoms with Crippen molar-refractivity contribution in [1.29, 1.82) is 0 Å². The first kappa shape index (κ1) is 14.4. The Morgan fingerprint density at radius 3 is 2.39 bits per heavy atom. The molecule has 0 aliphatic rings. The molecule has 0 bridgehead atoms. The number of ketones is 1. The summed E-state index contributed by atoms with van der Waals surface area (Å²) in [5, 5.41) is 0. The van der Waals surface area contributed by atoms with Crippen molar-refractivity contribution >= 4 is 11.7 Å². The van der Waals surface area contributed by atoms with Crippen molar-refractivity contribution < 1.29 is 9.59 Å². The van der Waals surface area contributed by atoms with Crippen molar-refractivity contribution in [3.63, 3.8) is 0 Å². The summed E-state index contributed by atoms with van der Waals surface area (Å²) in [7, 11) is 0. The monoisotopic (exact) mass is 248 g/mol. The Bertz CT molecular complexity index is 390. The van der Waals surface area contributed by atoms with Gasteiger partial charge in [0.2, 0.25) is 5.91 Å². The lowest BCUT2D eigenvalue weighted by Gasteiger charge is -2.19. The molecule has 0 aromatic heterocycles. The van der Waals surface area contributed by atoms with E-state index in [-0.39, 0.29) is 24.5 Å². The van der Waals surface area contributed by atoms with E-state index in [0.717, 1.165) is 0 Å². The van der Waals surface area contributed by atoms with Gasteiger partial charge >= 0.3 is 0 Å². The highest BCUT2D eigenvalue weighted by molar-refractivity contribution is 5.97. The fourth-order valence-corrected chi connectivity index (χ4v) is 1.76. The summed E-state index contributed by atoms with van der Waals surface area (Å²) < 4.78 is 0. The molecule has 1 aromatic rings. The van der Waals surface area contributed by atoms with Crippen LogP contribution in [0.5, 0.6) is 0 Å². The third kappa shape index (κ3) is 4.30. The third-order valence-corrected chi connectivity index (χ3v) is 2.80. The highest BCUT2D eigenvalue weighted by atomic mass is 16.2. The van der Waals surface area contributed by atoms with E-state index in [1.165, 1.54) is 0 Å². The summed E-state index contributed by atoms with van der Waals surface area (Å²) in [5.41, 5.74) is 6.09. The topological polar surface area (TPSA) is 63.4 Å². The smallest absolute Gasteiger partial charge is 0.223 e. The molecule has 0 fully saturated rings. The van der Waals surface area contributed by atoms with Gasteiger partial charge in [0.25, 0.3) is 0 Å². The lowest BCUT2D eigenvalue weighted by Crippen LogP contribution is -2.35. The molecule has 0 saturated carbocycles. The van der Waals surface area contributed by atoms with Crippen molar-refractivity contribution in [3.05, 3.63) is 35.9 Å². The fraction of sp³-hybridized carbons (Fsp3) is 0.429. The molecule has 0 radical (unpaired) electrons. The van der Waals surface area contributed by atoms with E-state index in [4.69, 9.17) is 5.73 Å². The number of carbonyl (C=O) groups excluding carboxylic acids is 2. The minimum absolute atomic E-state index is 0.00718. The summed E-state index contributed by atoms with van der Waals surface area (Å²) in [6.45, 7) is 3.54. The molecule has 1 aromatic carbocycles. The zero-order valence-corrected chi connectivity index (χ0v) is 10.8. The van der Waals surface area contributed by atoms with Crippen LogP contribution in [0.3, 0.4) is 0 Å². The molecule has 98 valence electrons. The number of amides is 1. The van der Waals surface area contributed by atoms with Crippen molar-refractivity contribution in [3.8, 4) is 0 Å². The highest BCUT2D eigenvalue weighted by Gasteiger charge is 2.13. The molecule has 0 spiro atoms. The first-order valence-electron chi connectivity index (χ1n) is 6.25. The van der Waals surface area contributed by atoms with Gasteiger partial charge in [-0.15, -0.1) is 0 Å². The van der Waals surface area contributed by atoms with Gasteiger partial charge in [0.15, 0.2) is 5.78 Å². The number of carbonyl (C=O) groups is 2. The Balaban J connectivity index is 2.45. The first-order valence-corrected chi connectivity index (χ1v) is 6.25. The standard InChI is InChI=1S/C14H20N2O2/c1-2-16(11-10-15)14(18)9-8-13(17)12-6-4-3-5-7-12/h3-7H,2,8-11,15H2,1H3. The number of Topliss-reactive ketones (excluding diaryl/α,β-unsaturated/α-hetero) is 1. The predicted octanol–water partition coefficient (Wildman–Crippen LogP) is 1.46. The predicted molar refractivity (Wildman–Crippen MR) is 71.3 cm³/mol. The number of likely N-dealkylation sites (N-methyl/N-ethyl adjacent to an activating group) is 1. The quantitative estimate of drug-likeness (QED) is 0.743. The van der Waals surface area contributed by atoms with Crippen LogP contribution in [0.1, 0.15) is 30.1 Å². The summed E-state index contributed by atoms with van der Waals surface area (Å²) in [6, 6.07) is 9.04. The van der Waals surface area contributed by atoms with Gasteiger partial charge in [-0.1, -0.05) is 30.3 Å². The molecular weight excluding hydrogens is 228 g/mol. The maximum Gasteiger partial charge on any atom is 0.223 e. The molecule has 0 aliphatic carbocycles. The summed E-state index contributed by atoms with van der Waals surface area (Å²) in [6.07, 6.45) is 0.505. The zero-order chi connectivity index (χ0) is 13.4. The SMILES string of the molecule is CCN(CCN)C(=O)CCC(=O)c1ccccc1. The lowest BCUT2D eigenvalue weighted by atomic mass is 10.1. The molecule has 0 atom stereocenters. The van der Waals surface area contributed by atoms with Gasteiger partial charge in [-0.2, -0.15) is 0 Å². The first-order chi connectivity index (χ1) is 8.69. The minimum atomic E-state index is -0.00719. The third-order valence-electron chi connectivity index (χ3n) is 2.80. The normalized spacial score (nSPS) is 10.1. The Hall–Kier alpha value is -1.68. The second kappa shape index (κ2) is 7.61. The minimum Gasteiger partial charge on any atom is -0.342 e. The zero-order valence-electron chi connectivity index (χ0n) is 10.8. The van der Waals surface area contributed by atoms with Crippen LogP contribution in [-0.4, -0.2) is 36.2 Å². The second-order valence-electron chi connectivity index (χ2n) is 4.05. The lowest BCUT2D eigenvalue weighted by molar-refractivity contribution is -0.130. The van der Waals surface area contributed by atoms with Crippen LogP contribution in [0.25, 0.3) is 0 Å². The van der Waals surface area contributed by atoms with E-state index in [9.17, 15) is 9.59 Å². The van der Waals surface area contributed by atoms with E-state index in [2.05, 4.69) is 0 Å². The van der Waals surface area contributed by atoms with E-state index in [1.54, 1.807) is 17.0 Å². The van der Waals surface area contributed by atoms with Gasteiger partial charge in [-0.3, -0.25) is 9.59 Å². The second-order valence-corrected chi connectivity index (χ2v) is 4.05. The van der Waals surface area contributed by atoms with E-state index in [0.29, 0.717) is 25.2 Å². The maximum absolute atomic E-state index is 11.8. The molecule has 0 unspecified atom stereocenters. The van der Waals surface area contributed by atoms with Crippen LogP contribution in [0, 0.1) is 0 Å². The van der Waals surface area contributed by atoms with Gasteiger partial charge in [0, 0.05) is 38.0 Å². The van der Waals surface area contributed by atoms with E-state index >= 15 is 0 Å². The van der Waals surface area contributed by atoms with Gasteiger partial charge in [-0.05, 0) is 6.92 Å². The molecule has 0 saturated heterocycles. The molecule has 4 nitrogen and oxygen atoms in total. The Morgan fingerprint density at radius 2 is 1.83 bits per heavy atom. The van der Waals surface area contributed by atoms with Crippen LogP contribution in [0.15, 0.2) is 30.3 Å². The maximum atomic E-state index is 11.8. The summed E-state index contributed by atoms with van der Waals surface area (Å²) in [5.74, 6) is -0.0000161. The molecular formula is C14H20N2O2. The molecule has 1 rings (SSSR count). The molecule has 0 heterocycles. The summed E-state index contributed by atoms with van der Waals surface area (Å²) >= 11 is 0. The van der Waals surface area contributed by atoms with Crippen molar-refractivity contribution in [2.45, 2.75) is 19.8 Å². The summed E-state index contributed by atoms with van der Waals surface area (Å²) in [4.78, 5) is 25.3. The van der Waals surface area contributed by atoms with Gasteiger partial charge in [-0.25, -0.2) is 0 Å². The molecule has 18 heavy (non-hydrogen) atoms. The van der Waals surface area contributed by atoms with E-state index < -0.39 is 0 Å². The largest absolute Gasteiger partial charge is 0.342 e. The van der Waals surface area contributed by atoms with Crippen molar-refractivity contribution in [2.75, 3.05) is 19.6 Å². The number of benzene rings is 1. The Labute approximate surface area is 108 Å². The van der Waals surface area contributed by atoms with Gasteiger partial charge in [0.1, 0.15) is 0 Å². The molecule has 0 aliphatic heterocycles. The van der Waals surface area contributed by atoms with Crippen LogP contribution in [0.2, 0.25) is 0 Å². The molecule has 4 heteroatoms. The van der Waals surface area contributed by atoms with Gasteiger partial charge in [0.05, 0.1) is 0 Å². The van der Waals surface area contributed by atoms with Crippen molar-refractivity contribution in [1.82, 2.24) is 4.90 Å². The van der Waals surface area contributed by atoms with Gasteiger partial charge < -0.3 is 10.6 Å². The number of rotatable bonds is 7.